The van der Waals surface area contributed by atoms with Crippen LogP contribution >= 0.6 is 0 Å². The van der Waals surface area contributed by atoms with E-state index >= 15 is 0 Å². The average molecular weight is 742 g/mol. The molecule has 1 spiro atoms. The molecule has 0 aliphatic carbocycles. The van der Waals surface area contributed by atoms with E-state index in [1.54, 1.807) is 0 Å². The van der Waals surface area contributed by atoms with E-state index in [4.69, 9.17) is 4.98 Å². The highest BCUT2D eigenvalue weighted by Crippen LogP contribution is 2.45. The molecule has 2 aliphatic heterocycles. The van der Waals surface area contributed by atoms with Gasteiger partial charge in [0.1, 0.15) is 5.82 Å². The van der Waals surface area contributed by atoms with Crippen molar-refractivity contribution < 1.29 is 0 Å². The second-order valence-electron chi connectivity index (χ2n) is 15.1. The normalized spacial score (nSPS) is 13.4. The van der Waals surface area contributed by atoms with Gasteiger partial charge in [-0.3, -0.25) is 4.90 Å². The van der Waals surface area contributed by atoms with E-state index in [0.717, 1.165) is 22.6 Å². The lowest BCUT2D eigenvalue weighted by Gasteiger charge is -2.43. The Kier molecular flexibility index (Phi) is 6.95. The molecule has 4 heterocycles. The lowest BCUT2D eigenvalue weighted by atomic mass is 9.99. The molecule has 0 amide bonds. The fourth-order valence-corrected chi connectivity index (χ4v) is 15.5. The molecule has 57 heavy (non-hydrogen) atoms. The van der Waals surface area contributed by atoms with Crippen LogP contribution in [0.4, 0.5) is 17.2 Å². The molecule has 266 valence electrons. The van der Waals surface area contributed by atoms with Crippen molar-refractivity contribution >= 4 is 67.8 Å². The molecule has 12 rings (SSSR count). The van der Waals surface area contributed by atoms with E-state index in [1.165, 1.54) is 76.3 Å². The number of hydrogen-bond acceptors (Lipinski definition) is 2. The molecule has 0 N–H and O–H groups in total. The van der Waals surface area contributed by atoms with Crippen LogP contribution in [0.25, 0.3) is 61.0 Å². The van der Waals surface area contributed by atoms with Crippen LogP contribution in [0.5, 0.6) is 0 Å². The summed E-state index contributed by atoms with van der Waals surface area (Å²) in [6, 6.07) is 78.0. The lowest BCUT2D eigenvalue weighted by molar-refractivity contribution is 1.18. The van der Waals surface area contributed by atoms with Crippen molar-refractivity contribution in [3.63, 3.8) is 0 Å². The predicted molar refractivity (Wildman–Crippen MR) is 240 cm³/mol. The monoisotopic (exact) mass is 741 g/mol. The minimum atomic E-state index is -2.89. The van der Waals surface area contributed by atoms with Crippen LogP contribution in [0.3, 0.4) is 0 Å². The number of rotatable bonds is 4. The van der Waals surface area contributed by atoms with Gasteiger partial charge in [-0.15, -0.1) is 0 Å². The standard InChI is InChI=1S/C53H35N3Si/c1-4-18-36(19-5-1)38-34-42(37-20-6-2-7-21-37)54-51(35-38)56-44-27-13-16-30-48(44)57(49-31-17-14-28-45(49)56)47-29-15-11-25-41(47)53-50(57)33-32-46-52(53)40-24-10-12-26-43(40)55(46)39-22-8-3-9-23-39/h1-35H. The molecule has 3 nitrogen and oxygen atoms in total. The number of fused-ring (bicyclic) bond motifs is 13. The summed E-state index contributed by atoms with van der Waals surface area (Å²) in [5, 5.41) is 8.26. The Morgan fingerprint density at radius 1 is 0.404 bits per heavy atom. The molecule has 0 fully saturated rings. The zero-order valence-corrected chi connectivity index (χ0v) is 32.0. The zero-order chi connectivity index (χ0) is 37.5. The first-order valence-electron chi connectivity index (χ1n) is 19.6. The Bertz CT molecular complexity index is 3080. The summed E-state index contributed by atoms with van der Waals surface area (Å²) in [5.74, 6) is 0.909. The molecule has 4 heteroatoms. The van der Waals surface area contributed by atoms with E-state index in [9.17, 15) is 0 Å². The van der Waals surface area contributed by atoms with E-state index in [1.807, 2.05) is 0 Å². The van der Waals surface area contributed by atoms with Gasteiger partial charge in [0, 0.05) is 33.4 Å². The molecule has 0 atom stereocenters. The van der Waals surface area contributed by atoms with Crippen molar-refractivity contribution in [3.05, 3.63) is 212 Å². The topological polar surface area (TPSA) is 21.1 Å². The average Bonchev–Trinajstić information content (AvgIpc) is 3.78. The minimum absolute atomic E-state index is 0.909. The molecule has 10 aromatic rings. The third kappa shape index (κ3) is 4.50. The maximum absolute atomic E-state index is 5.50. The van der Waals surface area contributed by atoms with Crippen molar-refractivity contribution in [1.29, 1.82) is 0 Å². The summed E-state index contributed by atoms with van der Waals surface area (Å²) >= 11 is 0. The van der Waals surface area contributed by atoms with E-state index < -0.39 is 8.07 Å². The molecule has 2 aromatic heterocycles. The zero-order valence-electron chi connectivity index (χ0n) is 31.0. The second kappa shape index (κ2) is 12.4. The number of benzene rings is 8. The number of anilines is 3. The first-order chi connectivity index (χ1) is 28.3. The lowest BCUT2D eigenvalue weighted by Crippen LogP contribution is -2.75. The van der Waals surface area contributed by atoms with Crippen molar-refractivity contribution in [1.82, 2.24) is 9.55 Å². The summed E-state index contributed by atoms with van der Waals surface area (Å²) in [7, 11) is -2.89. The molecular weight excluding hydrogens is 707 g/mol. The van der Waals surface area contributed by atoms with Crippen LogP contribution in [-0.2, 0) is 0 Å². The number of hydrogen-bond donors (Lipinski definition) is 0. The van der Waals surface area contributed by atoms with Gasteiger partial charge in [-0.2, -0.15) is 0 Å². The molecule has 0 bridgehead atoms. The van der Waals surface area contributed by atoms with Crippen molar-refractivity contribution in [2.75, 3.05) is 4.90 Å². The molecule has 2 aliphatic rings. The Morgan fingerprint density at radius 3 is 1.70 bits per heavy atom. The summed E-state index contributed by atoms with van der Waals surface area (Å²) in [6.07, 6.45) is 0. The third-order valence-electron chi connectivity index (χ3n) is 12.2. The van der Waals surface area contributed by atoms with Crippen LogP contribution in [0.15, 0.2) is 212 Å². The first-order valence-corrected chi connectivity index (χ1v) is 21.6. The molecule has 0 saturated carbocycles. The highest BCUT2D eigenvalue weighted by atomic mass is 28.3. The predicted octanol–water partition coefficient (Wildman–Crippen LogP) is 10.7. The number of para-hydroxylation sites is 4. The quantitative estimate of drug-likeness (QED) is 0.168. The molecular formula is C53H35N3Si. The maximum Gasteiger partial charge on any atom is 0.185 e. The SMILES string of the molecule is c1ccc(-c2cc(-c3ccccc3)nc(N3c4ccccc4[Si]4(c5ccccc5-c5c4ccc4c5c5ccccc5n4-c4ccccc4)c4ccccc43)c2)cc1. The van der Waals surface area contributed by atoms with E-state index in [-0.39, 0.29) is 0 Å². The van der Waals surface area contributed by atoms with Gasteiger partial charge in [-0.25, -0.2) is 4.98 Å². The number of pyridine rings is 1. The summed E-state index contributed by atoms with van der Waals surface area (Å²) < 4.78 is 2.44. The Balaban J connectivity index is 1.17. The molecule has 0 saturated heterocycles. The smallest absolute Gasteiger partial charge is 0.185 e. The van der Waals surface area contributed by atoms with Gasteiger partial charge in [0.25, 0.3) is 0 Å². The maximum atomic E-state index is 5.50. The van der Waals surface area contributed by atoms with Crippen LogP contribution < -0.4 is 25.6 Å². The fraction of sp³-hybridized carbons (Fsp3) is 0. The molecule has 8 aromatic carbocycles. The van der Waals surface area contributed by atoms with Gasteiger partial charge in [-0.1, -0.05) is 164 Å². The largest absolute Gasteiger partial charge is 0.309 e. The Morgan fingerprint density at radius 2 is 0.982 bits per heavy atom. The van der Waals surface area contributed by atoms with Gasteiger partial charge in [0.2, 0.25) is 0 Å². The second-order valence-corrected chi connectivity index (χ2v) is 18.7. The molecule has 0 unspecified atom stereocenters. The van der Waals surface area contributed by atoms with E-state index in [2.05, 4.69) is 222 Å². The summed E-state index contributed by atoms with van der Waals surface area (Å²) in [6.45, 7) is 0. The summed E-state index contributed by atoms with van der Waals surface area (Å²) in [5.41, 5.74) is 13.1. The van der Waals surface area contributed by atoms with Gasteiger partial charge in [-0.05, 0) is 91.5 Å². The highest BCUT2D eigenvalue weighted by Gasteiger charge is 2.54. The van der Waals surface area contributed by atoms with E-state index in [0.29, 0.717) is 0 Å². The van der Waals surface area contributed by atoms with Gasteiger partial charge in [0.15, 0.2) is 8.07 Å². The number of aromatic nitrogens is 2. The highest BCUT2D eigenvalue weighted by molar-refractivity contribution is 7.23. The van der Waals surface area contributed by atoms with Crippen molar-refractivity contribution in [3.8, 4) is 39.2 Å². The number of nitrogens with zero attached hydrogens (tertiary/aromatic N) is 3. The van der Waals surface area contributed by atoms with Crippen LogP contribution in [0, 0.1) is 0 Å². The summed E-state index contributed by atoms with van der Waals surface area (Å²) in [4.78, 5) is 7.93. The third-order valence-corrected chi connectivity index (χ3v) is 17.1. The van der Waals surface area contributed by atoms with Crippen LogP contribution in [0.2, 0.25) is 0 Å². The van der Waals surface area contributed by atoms with Gasteiger partial charge < -0.3 is 4.57 Å². The Hall–Kier alpha value is -7.27. The van der Waals surface area contributed by atoms with Crippen LogP contribution in [-0.4, -0.2) is 17.6 Å². The van der Waals surface area contributed by atoms with Crippen LogP contribution in [0.1, 0.15) is 0 Å². The van der Waals surface area contributed by atoms with Gasteiger partial charge in [0.05, 0.1) is 16.7 Å². The fourth-order valence-electron chi connectivity index (χ4n) is 9.94. The van der Waals surface area contributed by atoms with Crippen molar-refractivity contribution in [2.45, 2.75) is 0 Å². The minimum Gasteiger partial charge on any atom is -0.309 e. The Labute approximate surface area is 332 Å². The molecule has 0 radical (unpaired) electrons. The first kappa shape index (κ1) is 32.0. The van der Waals surface area contributed by atoms with Crippen molar-refractivity contribution in [2.24, 2.45) is 0 Å². The van der Waals surface area contributed by atoms with Gasteiger partial charge >= 0.3 is 0 Å².